The second-order valence-electron chi connectivity index (χ2n) is 8.57. The van der Waals surface area contributed by atoms with Gasteiger partial charge in [-0.2, -0.15) is 10.2 Å². The number of nitriles is 1. The third-order valence-electron chi connectivity index (χ3n) is 5.91. The van der Waals surface area contributed by atoms with Crippen LogP contribution in [0.4, 0.5) is 20.2 Å². The molecule has 0 bridgehead atoms. The summed E-state index contributed by atoms with van der Waals surface area (Å²) in [5.41, 5.74) is -0.462. The van der Waals surface area contributed by atoms with E-state index in [0.717, 1.165) is 6.07 Å². The summed E-state index contributed by atoms with van der Waals surface area (Å²) in [6.45, 7) is 5.14. The standard InChI is InChI=1S/C25H23F2N5O3S/c1-4-20-29-19-8-7-16(12-18(19)22(30-20)35-10-9-33)32-24(36)31(23(34)25(32,2)3)15-6-5-14(13-28)17(11-15)21(26)27/h5-8,11-12,21,33H,4,9-10H2,1-3H3. The summed E-state index contributed by atoms with van der Waals surface area (Å²) in [5, 5.41) is 19.0. The highest BCUT2D eigenvalue weighted by Gasteiger charge is 2.50. The molecule has 2 heterocycles. The third kappa shape index (κ3) is 4.23. The Labute approximate surface area is 211 Å². The highest BCUT2D eigenvalue weighted by Crippen LogP contribution is 2.39. The molecule has 0 aliphatic carbocycles. The van der Waals surface area contributed by atoms with Crippen molar-refractivity contribution in [3.8, 4) is 11.9 Å². The van der Waals surface area contributed by atoms with Crippen molar-refractivity contribution in [1.82, 2.24) is 9.97 Å². The van der Waals surface area contributed by atoms with Crippen molar-refractivity contribution in [2.75, 3.05) is 23.0 Å². The fourth-order valence-corrected chi connectivity index (χ4v) is 4.63. The van der Waals surface area contributed by atoms with Gasteiger partial charge >= 0.3 is 0 Å². The maximum atomic E-state index is 13.6. The van der Waals surface area contributed by atoms with Crippen molar-refractivity contribution in [2.45, 2.75) is 39.2 Å². The average Bonchev–Trinajstić information content (AvgIpc) is 3.04. The van der Waals surface area contributed by atoms with E-state index in [1.54, 1.807) is 43.0 Å². The molecule has 0 atom stereocenters. The van der Waals surface area contributed by atoms with Gasteiger partial charge in [-0.3, -0.25) is 9.69 Å². The van der Waals surface area contributed by atoms with E-state index >= 15 is 0 Å². The third-order valence-corrected chi connectivity index (χ3v) is 6.28. The fourth-order valence-electron chi connectivity index (χ4n) is 4.11. The predicted octanol–water partition coefficient (Wildman–Crippen LogP) is 4.29. The molecule has 1 aromatic heterocycles. The molecule has 1 saturated heterocycles. The number of aliphatic hydroxyl groups excluding tert-OH is 1. The molecule has 1 aliphatic heterocycles. The number of benzene rings is 2. The van der Waals surface area contributed by atoms with Crippen LogP contribution in [0.1, 0.15) is 44.1 Å². The minimum absolute atomic E-state index is 0.0462. The van der Waals surface area contributed by atoms with E-state index in [9.17, 15) is 18.7 Å². The topological polar surface area (TPSA) is 103 Å². The Kier molecular flexibility index (Phi) is 6.84. The summed E-state index contributed by atoms with van der Waals surface area (Å²) in [7, 11) is 0. The van der Waals surface area contributed by atoms with E-state index in [2.05, 4.69) is 9.97 Å². The highest BCUT2D eigenvalue weighted by atomic mass is 32.1. The lowest BCUT2D eigenvalue weighted by atomic mass is 10.0. The molecule has 3 aromatic rings. The molecule has 0 saturated carbocycles. The number of hydrogen-bond donors (Lipinski definition) is 1. The highest BCUT2D eigenvalue weighted by molar-refractivity contribution is 7.81. The number of thiocarbonyl (C=S) groups is 1. The van der Waals surface area contributed by atoms with E-state index in [1.807, 2.05) is 6.92 Å². The Balaban J connectivity index is 1.81. The summed E-state index contributed by atoms with van der Waals surface area (Å²) in [4.78, 5) is 25.3. The molecule has 4 rings (SSSR count). The Morgan fingerprint density at radius 2 is 1.92 bits per heavy atom. The van der Waals surface area contributed by atoms with Crippen LogP contribution in [-0.2, 0) is 11.2 Å². The minimum Gasteiger partial charge on any atom is -0.475 e. The van der Waals surface area contributed by atoms with Gasteiger partial charge in [0.1, 0.15) is 18.0 Å². The zero-order valence-electron chi connectivity index (χ0n) is 19.8. The molecule has 2 aromatic carbocycles. The number of aryl methyl sites for hydroxylation is 1. The maximum Gasteiger partial charge on any atom is 0.265 e. The van der Waals surface area contributed by atoms with E-state index in [-0.39, 0.29) is 29.6 Å². The van der Waals surface area contributed by atoms with Gasteiger partial charge in [0, 0.05) is 17.7 Å². The van der Waals surface area contributed by atoms with Crippen LogP contribution in [0.3, 0.4) is 0 Å². The molecule has 11 heteroatoms. The number of aliphatic hydroxyl groups is 1. The summed E-state index contributed by atoms with van der Waals surface area (Å²) in [5.74, 6) is 0.469. The predicted molar refractivity (Wildman–Crippen MR) is 134 cm³/mol. The van der Waals surface area contributed by atoms with Gasteiger partial charge < -0.3 is 14.7 Å². The molecule has 0 unspecified atom stereocenters. The number of carbonyl (C=O) groups is 1. The Bertz CT molecular complexity index is 1410. The lowest BCUT2D eigenvalue weighted by Crippen LogP contribution is -2.44. The van der Waals surface area contributed by atoms with Crippen LogP contribution in [0, 0.1) is 11.3 Å². The minimum atomic E-state index is -2.89. The monoisotopic (exact) mass is 511 g/mol. The molecule has 186 valence electrons. The molecule has 1 aliphatic rings. The van der Waals surface area contributed by atoms with Crippen LogP contribution in [0.25, 0.3) is 10.9 Å². The number of anilines is 2. The lowest BCUT2D eigenvalue weighted by molar-refractivity contribution is -0.120. The zero-order chi connectivity index (χ0) is 26.2. The number of aromatic nitrogens is 2. The number of alkyl halides is 2. The van der Waals surface area contributed by atoms with Crippen molar-refractivity contribution in [1.29, 1.82) is 5.26 Å². The van der Waals surface area contributed by atoms with Gasteiger partial charge in [0.05, 0.1) is 34.8 Å². The Morgan fingerprint density at radius 3 is 2.56 bits per heavy atom. The second kappa shape index (κ2) is 9.72. The van der Waals surface area contributed by atoms with Gasteiger partial charge in [-0.15, -0.1) is 0 Å². The van der Waals surface area contributed by atoms with E-state index in [4.69, 9.17) is 22.2 Å². The number of nitrogens with zero attached hydrogens (tertiary/aromatic N) is 5. The second-order valence-corrected chi connectivity index (χ2v) is 8.94. The summed E-state index contributed by atoms with van der Waals surface area (Å²) in [6, 6.07) is 10.8. The number of carbonyl (C=O) groups excluding carboxylic acids is 1. The zero-order valence-corrected chi connectivity index (χ0v) is 20.6. The molecule has 1 fully saturated rings. The smallest absolute Gasteiger partial charge is 0.265 e. The molecule has 1 N–H and O–H groups in total. The van der Waals surface area contributed by atoms with Crippen LogP contribution >= 0.6 is 12.2 Å². The number of hydrogen-bond acceptors (Lipinski definition) is 7. The van der Waals surface area contributed by atoms with Crippen LogP contribution in [0.15, 0.2) is 36.4 Å². The molecular formula is C25H23F2N5O3S. The first-order valence-electron chi connectivity index (χ1n) is 11.2. The van der Waals surface area contributed by atoms with Gasteiger partial charge in [0.2, 0.25) is 5.88 Å². The van der Waals surface area contributed by atoms with Crippen molar-refractivity contribution < 1.29 is 23.4 Å². The summed E-state index contributed by atoms with van der Waals surface area (Å²) < 4.78 is 32.8. The molecule has 1 amide bonds. The van der Waals surface area contributed by atoms with E-state index in [0.29, 0.717) is 34.7 Å². The van der Waals surface area contributed by atoms with Crippen molar-refractivity contribution in [2.24, 2.45) is 0 Å². The van der Waals surface area contributed by atoms with Crippen LogP contribution in [0.2, 0.25) is 0 Å². The summed E-state index contributed by atoms with van der Waals surface area (Å²) in [6.07, 6.45) is -2.30. The number of halogens is 2. The van der Waals surface area contributed by atoms with Gasteiger partial charge in [-0.1, -0.05) is 6.92 Å². The van der Waals surface area contributed by atoms with Crippen molar-refractivity contribution in [3.05, 3.63) is 53.3 Å². The molecule has 8 nitrogen and oxygen atoms in total. The fraction of sp³-hybridized carbons (Fsp3) is 0.320. The molecule has 36 heavy (non-hydrogen) atoms. The van der Waals surface area contributed by atoms with Gasteiger partial charge in [0.15, 0.2) is 5.11 Å². The maximum absolute atomic E-state index is 13.6. The van der Waals surface area contributed by atoms with Crippen LogP contribution in [0.5, 0.6) is 5.88 Å². The Morgan fingerprint density at radius 1 is 1.19 bits per heavy atom. The number of ether oxygens (including phenoxy) is 1. The first-order chi connectivity index (χ1) is 17.1. The number of fused-ring (bicyclic) bond motifs is 1. The van der Waals surface area contributed by atoms with Crippen LogP contribution in [-0.4, -0.2) is 44.8 Å². The normalized spacial score (nSPS) is 15.2. The Hall–Kier alpha value is -3.75. The lowest BCUT2D eigenvalue weighted by Gasteiger charge is -2.29. The number of rotatable bonds is 7. The largest absolute Gasteiger partial charge is 0.475 e. The average molecular weight is 512 g/mol. The molecule has 0 radical (unpaired) electrons. The SMILES string of the molecule is CCc1nc(OCCO)c2cc(N3C(=S)N(c4ccc(C#N)c(C(F)F)c4)C(=O)C3(C)C)ccc2n1. The van der Waals surface area contributed by atoms with E-state index < -0.39 is 23.4 Å². The van der Waals surface area contributed by atoms with Gasteiger partial charge in [-0.05, 0) is 62.5 Å². The van der Waals surface area contributed by atoms with Crippen molar-refractivity contribution >= 4 is 45.5 Å². The van der Waals surface area contributed by atoms with E-state index in [1.165, 1.54) is 17.0 Å². The first-order valence-corrected chi connectivity index (χ1v) is 11.6. The van der Waals surface area contributed by atoms with Crippen LogP contribution < -0.4 is 14.5 Å². The van der Waals surface area contributed by atoms with Gasteiger partial charge in [-0.25, -0.2) is 13.8 Å². The van der Waals surface area contributed by atoms with Crippen molar-refractivity contribution in [3.63, 3.8) is 0 Å². The number of amides is 1. The first kappa shape index (κ1) is 25.3. The summed E-state index contributed by atoms with van der Waals surface area (Å²) >= 11 is 5.67. The molecular weight excluding hydrogens is 488 g/mol. The quantitative estimate of drug-likeness (QED) is 0.469. The molecule has 0 spiro atoms. The van der Waals surface area contributed by atoms with Gasteiger partial charge in [0.25, 0.3) is 12.3 Å².